The van der Waals surface area contributed by atoms with Crippen molar-refractivity contribution < 1.29 is 4.21 Å². The first kappa shape index (κ1) is 10.5. The minimum Gasteiger partial charge on any atom is -0.254 e. The van der Waals surface area contributed by atoms with E-state index in [0.717, 1.165) is 23.5 Å². The maximum Gasteiger partial charge on any atom is 0.113 e. The van der Waals surface area contributed by atoms with E-state index in [1.54, 1.807) is 12.1 Å². The van der Waals surface area contributed by atoms with E-state index in [2.05, 4.69) is 6.92 Å². The minimum absolute atomic E-state index is 0.683. The monoisotopic (exact) mass is 192 g/mol. The molecule has 1 nitrogen and oxygen atoms in total. The number of rotatable bonds is 4. The van der Waals surface area contributed by atoms with Crippen molar-refractivity contribution in [3.05, 3.63) is 24.3 Å². The quantitative estimate of drug-likeness (QED) is 0.659. The molecular formula is C10H13BOS. The van der Waals surface area contributed by atoms with E-state index in [9.17, 15) is 4.21 Å². The van der Waals surface area contributed by atoms with Gasteiger partial charge in [-0.1, -0.05) is 37.0 Å². The summed E-state index contributed by atoms with van der Waals surface area (Å²) in [6, 6.07) is 7.29. The summed E-state index contributed by atoms with van der Waals surface area (Å²) in [6.45, 7) is 2.09. The Bertz CT molecular complexity index is 299. The van der Waals surface area contributed by atoms with Crippen molar-refractivity contribution in [3.8, 4) is 0 Å². The zero-order valence-electron chi connectivity index (χ0n) is 7.82. The van der Waals surface area contributed by atoms with Gasteiger partial charge in [0.2, 0.25) is 0 Å². The molecule has 0 aliphatic carbocycles. The first-order chi connectivity index (χ1) is 6.24. The van der Waals surface area contributed by atoms with Crippen LogP contribution in [0, 0.1) is 0 Å². The molecule has 3 heteroatoms. The maximum atomic E-state index is 11.6. The third kappa shape index (κ3) is 3.35. The van der Waals surface area contributed by atoms with Crippen LogP contribution in [0.15, 0.2) is 29.2 Å². The zero-order chi connectivity index (χ0) is 9.68. The Kier molecular flexibility index (Phi) is 4.23. The average molecular weight is 192 g/mol. The lowest BCUT2D eigenvalue weighted by Gasteiger charge is -2.01. The molecular weight excluding hydrogens is 179 g/mol. The summed E-state index contributed by atoms with van der Waals surface area (Å²) < 4.78 is 11.6. The summed E-state index contributed by atoms with van der Waals surface area (Å²) in [4.78, 5) is 0.841. The summed E-state index contributed by atoms with van der Waals surface area (Å²) >= 11 is 0. The number of unbranched alkanes of at least 4 members (excludes halogenated alkanes) is 1. The highest BCUT2D eigenvalue weighted by atomic mass is 32.2. The highest BCUT2D eigenvalue weighted by Crippen LogP contribution is 2.05. The van der Waals surface area contributed by atoms with Gasteiger partial charge in [0.05, 0.1) is 10.8 Å². The highest BCUT2D eigenvalue weighted by molar-refractivity contribution is 7.85. The molecule has 0 aliphatic rings. The molecule has 0 saturated heterocycles. The first-order valence-corrected chi connectivity index (χ1v) is 5.80. The molecule has 0 spiro atoms. The van der Waals surface area contributed by atoms with Gasteiger partial charge in [0.25, 0.3) is 0 Å². The molecule has 0 aromatic heterocycles. The lowest BCUT2D eigenvalue weighted by molar-refractivity contribution is 0.679. The van der Waals surface area contributed by atoms with Crippen LogP contribution in [0.4, 0.5) is 0 Å². The highest BCUT2D eigenvalue weighted by Gasteiger charge is 2.01. The molecule has 0 amide bonds. The van der Waals surface area contributed by atoms with Gasteiger partial charge in [-0.2, -0.15) is 0 Å². The zero-order valence-corrected chi connectivity index (χ0v) is 8.64. The largest absolute Gasteiger partial charge is 0.254 e. The number of benzene rings is 1. The Labute approximate surface area is 83.4 Å². The van der Waals surface area contributed by atoms with Gasteiger partial charge in [-0.05, 0) is 12.5 Å². The van der Waals surface area contributed by atoms with E-state index < -0.39 is 10.8 Å². The Balaban J connectivity index is 2.66. The van der Waals surface area contributed by atoms with Crippen LogP contribution in [-0.2, 0) is 10.8 Å². The lowest BCUT2D eigenvalue weighted by atomic mass is 9.97. The molecule has 1 aromatic rings. The van der Waals surface area contributed by atoms with Crippen LogP contribution < -0.4 is 5.46 Å². The molecule has 0 N–H and O–H groups in total. The SMILES string of the molecule is [B]c1cccc(S(=O)CCCC)c1. The predicted molar refractivity (Wildman–Crippen MR) is 58.0 cm³/mol. The fourth-order valence-corrected chi connectivity index (χ4v) is 2.33. The van der Waals surface area contributed by atoms with Gasteiger partial charge in [0, 0.05) is 10.6 Å². The van der Waals surface area contributed by atoms with Crippen LogP contribution in [0.3, 0.4) is 0 Å². The van der Waals surface area contributed by atoms with Crippen molar-refractivity contribution in [1.82, 2.24) is 0 Å². The summed E-state index contributed by atoms with van der Waals surface area (Å²) in [5, 5.41) is 0. The van der Waals surface area contributed by atoms with Gasteiger partial charge in [0.1, 0.15) is 7.85 Å². The number of hydrogen-bond acceptors (Lipinski definition) is 1. The van der Waals surface area contributed by atoms with E-state index in [-0.39, 0.29) is 0 Å². The van der Waals surface area contributed by atoms with E-state index in [4.69, 9.17) is 7.85 Å². The van der Waals surface area contributed by atoms with E-state index in [1.807, 2.05) is 12.1 Å². The Morgan fingerprint density at radius 3 is 2.85 bits per heavy atom. The second-order valence-electron chi connectivity index (χ2n) is 2.98. The third-order valence-electron chi connectivity index (χ3n) is 1.80. The minimum atomic E-state index is -0.874. The molecule has 0 bridgehead atoms. The molecule has 2 radical (unpaired) electrons. The Hall–Kier alpha value is -0.565. The van der Waals surface area contributed by atoms with Gasteiger partial charge in [-0.3, -0.25) is 4.21 Å². The van der Waals surface area contributed by atoms with Crippen LogP contribution >= 0.6 is 0 Å². The van der Waals surface area contributed by atoms with Crippen LogP contribution in [-0.4, -0.2) is 17.8 Å². The fourth-order valence-electron chi connectivity index (χ4n) is 1.05. The van der Waals surface area contributed by atoms with E-state index in [0.29, 0.717) is 5.46 Å². The van der Waals surface area contributed by atoms with Crippen LogP contribution in [0.2, 0.25) is 0 Å². The predicted octanol–water partition coefficient (Wildman–Crippen LogP) is 1.39. The van der Waals surface area contributed by atoms with Crippen molar-refractivity contribution in [2.24, 2.45) is 0 Å². The van der Waals surface area contributed by atoms with Crippen molar-refractivity contribution >= 4 is 24.1 Å². The Morgan fingerprint density at radius 1 is 1.46 bits per heavy atom. The van der Waals surface area contributed by atoms with Gasteiger partial charge in [-0.25, -0.2) is 0 Å². The second kappa shape index (κ2) is 5.23. The van der Waals surface area contributed by atoms with E-state index >= 15 is 0 Å². The molecule has 0 saturated carbocycles. The normalized spacial score (nSPS) is 12.7. The van der Waals surface area contributed by atoms with Gasteiger partial charge in [-0.15, -0.1) is 0 Å². The summed E-state index contributed by atoms with van der Waals surface area (Å²) in [5.74, 6) is 0.736. The molecule has 68 valence electrons. The Morgan fingerprint density at radius 2 is 2.23 bits per heavy atom. The fraction of sp³-hybridized carbons (Fsp3) is 0.400. The molecule has 0 aliphatic heterocycles. The standard InChI is InChI=1S/C10H13BOS/c1-2-3-7-13(12)10-6-4-5-9(11)8-10/h4-6,8H,2-3,7H2,1H3. The molecule has 1 unspecified atom stereocenters. The molecule has 1 atom stereocenters. The van der Waals surface area contributed by atoms with Gasteiger partial charge in [0.15, 0.2) is 0 Å². The second-order valence-corrected chi connectivity index (χ2v) is 4.55. The summed E-state index contributed by atoms with van der Waals surface area (Å²) in [7, 11) is 4.72. The van der Waals surface area contributed by atoms with Crippen molar-refractivity contribution in [2.45, 2.75) is 24.7 Å². The molecule has 0 fully saturated rings. The third-order valence-corrected chi connectivity index (χ3v) is 3.24. The molecule has 1 aromatic carbocycles. The van der Waals surface area contributed by atoms with Crippen molar-refractivity contribution in [1.29, 1.82) is 0 Å². The molecule has 13 heavy (non-hydrogen) atoms. The summed E-state index contributed by atoms with van der Waals surface area (Å²) in [6.07, 6.45) is 2.08. The topological polar surface area (TPSA) is 17.1 Å². The first-order valence-electron chi connectivity index (χ1n) is 4.48. The van der Waals surface area contributed by atoms with Gasteiger partial charge >= 0.3 is 0 Å². The van der Waals surface area contributed by atoms with Crippen LogP contribution in [0.5, 0.6) is 0 Å². The smallest absolute Gasteiger partial charge is 0.113 e. The van der Waals surface area contributed by atoms with Crippen LogP contribution in [0.1, 0.15) is 19.8 Å². The van der Waals surface area contributed by atoms with Gasteiger partial charge < -0.3 is 0 Å². The number of hydrogen-bond donors (Lipinski definition) is 0. The van der Waals surface area contributed by atoms with Crippen molar-refractivity contribution in [3.63, 3.8) is 0 Å². The lowest BCUT2D eigenvalue weighted by Crippen LogP contribution is -2.05. The maximum absolute atomic E-state index is 11.6. The van der Waals surface area contributed by atoms with Crippen molar-refractivity contribution in [2.75, 3.05) is 5.75 Å². The molecule has 0 heterocycles. The van der Waals surface area contributed by atoms with Crippen LogP contribution in [0.25, 0.3) is 0 Å². The molecule has 1 rings (SSSR count). The summed E-state index contributed by atoms with van der Waals surface area (Å²) in [5.41, 5.74) is 0.683. The average Bonchev–Trinajstić information content (AvgIpc) is 2.14. The van der Waals surface area contributed by atoms with E-state index in [1.165, 1.54) is 0 Å².